The molecule has 0 aliphatic carbocycles. The number of hydrogen-bond donors (Lipinski definition) is 0. The highest BCUT2D eigenvalue weighted by molar-refractivity contribution is 5.25. The van der Waals surface area contributed by atoms with Gasteiger partial charge in [0.1, 0.15) is 0 Å². The Bertz CT molecular complexity index is 211. The van der Waals surface area contributed by atoms with Gasteiger partial charge in [-0.15, -0.1) is 5.75 Å². The van der Waals surface area contributed by atoms with Crippen molar-refractivity contribution < 1.29 is 5.11 Å². The van der Waals surface area contributed by atoms with E-state index in [1.165, 1.54) is 5.56 Å². The fraction of sp³-hybridized carbons (Fsp3) is 0.400. The van der Waals surface area contributed by atoms with Crippen molar-refractivity contribution in [1.82, 2.24) is 0 Å². The fourth-order valence-electron chi connectivity index (χ4n) is 1.10. The Morgan fingerprint density at radius 3 is 2.18 bits per heavy atom. The van der Waals surface area contributed by atoms with Crippen LogP contribution in [0.25, 0.3) is 0 Å². The van der Waals surface area contributed by atoms with Gasteiger partial charge in [0.25, 0.3) is 0 Å². The predicted molar refractivity (Wildman–Crippen MR) is 44.4 cm³/mol. The van der Waals surface area contributed by atoms with Crippen LogP contribution in [-0.2, 0) is 6.42 Å². The van der Waals surface area contributed by atoms with Crippen LogP contribution < -0.4 is 5.11 Å². The van der Waals surface area contributed by atoms with Crippen LogP contribution in [0.5, 0.6) is 5.75 Å². The zero-order valence-corrected chi connectivity index (χ0v) is 7.00. The Morgan fingerprint density at radius 2 is 1.73 bits per heavy atom. The van der Waals surface area contributed by atoms with E-state index < -0.39 is 0 Å². The Labute approximate surface area is 67.7 Å². The van der Waals surface area contributed by atoms with E-state index in [0.29, 0.717) is 5.92 Å². The molecule has 0 aliphatic rings. The Balaban J connectivity index is 2.66. The Morgan fingerprint density at radius 1 is 1.18 bits per heavy atom. The highest BCUT2D eigenvalue weighted by atomic mass is 16.3. The standard InChI is InChI=1S/C10H14O/c1-8(2)7-9-3-5-10(11)6-4-9/h3-6,8,11H,7H2,1-2H3/p-1. The zero-order chi connectivity index (χ0) is 8.27. The minimum Gasteiger partial charge on any atom is -0.872 e. The lowest BCUT2D eigenvalue weighted by molar-refractivity contribution is -0.268. The van der Waals surface area contributed by atoms with Crippen LogP contribution in [0.1, 0.15) is 19.4 Å². The first kappa shape index (κ1) is 8.12. The molecule has 1 heteroatoms. The summed E-state index contributed by atoms with van der Waals surface area (Å²) in [7, 11) is 0. The molecule has 0 saturated carbocycles. The molecule has 0 bridgehead atoms. The second-order valence-corrected chi connectivity index (χ2v) is 3.24. The summed E-state index contributed by atoms with van der Waals surface area (Å²) < 4.78 is 0. The minimum atomic E-state index is 0.0949. The summed E-state index contributed by atoms with van der Waals surface area (Å²) in [6, 6.07) is 7.06. The highest BCUT2D eigenvalue weighted by Gasteiger charge is 1.94. The van der Waals surface area contributed by atoms with Crippen molar-refractivity contribution in [2.24, 2.45) is 5.92 Å². The van der Waals surface area contributed by atoms with Gasteiger partial charge in [0.2, 0.25) is 0 Å². The first-order valence-electron chi connectivity index (χ1n) is 3.94. The van der Waals surface area contributed by atoms with Gasteiger partial charge < -0.3 is 5.11 Å². The monoisotopic (exact) mass is 149 g/mol. The molecule has 1 aromatic rings. The quantitative estimate of drug-likeness (QED) is 0.630. The summed E-state index contributed by atoms with van der Waals surface area (Å²) in [5.41, 5.74) is 1.25. The predicted octanol–water partition coefficient (Wildman–Crippen LogP) is 1.96. The Kier molecular flexibility index (Phi) is 2.53. The summed E-state index contributed by atoms with van der Waals surface area (Å²) >= 11 is 0. The lowest BCUT2D eigenvalue weighted by Crippen LogP contribution is -1.94. The first-order chi connectivity index (χ1) is 5.18. The van der Waals surface area contributed by atoms with E-state index in [0.717, 1.165) is 6.42 Å². The number of benzene rings is 1. The molecule has 0 aromatic heterocycles. The maximum Gasteiger partial charge on any atom is -0.0256 e. The van der Waals surface area contributed by atoms with Crippen LogP contribution >= 0.6 is 0 Å². The first-order valence-corrected chi connectivity index (χ1v) is 3.94. The molecule has 1 nitrogen and oxygen atoms in total. The van der Waals surface area contributed by atoms with Crippen molar-refractivity contribution in [3.63, 3.8) is 0 Å². The summed E-state index contributed by atoms with van der Waals surface area (Å²) in [6.07, 6.45) is 1.06. The van der Waals surface area contributed by atoms with Gasteiger partial charge in [-0.05, 0) is 17.9 Å². The second kappa shape index (κ2) is 3.42. The van der Waals surface area contributed by atoms with E-state index in [1.807, 2.05) is 12.1 Å². The van der Waals surface area contributed by atoms with E-state index >= 15 is 0 Å². The normalized spacial score (nSPS) is 10.5. The molecule has 0 unspecified atom stereocenters. The van der Waals surface area contributed by atoms with Crippen LogP contribution in [0.3, 0.4) is 0 Å². The largest absolute Gasteiger partial charge is 0.872 e. The smallest absolute Gasteiger partial charge is 0.0256 e. The molecule has 0 fully saturated rings. The molecular formula is C10H13O-. The fourth-order valence-corrected chi connectivity index (χ4v) is 1.10. The topological polar surface area (TPSA) is 23.1 Å². The van der Waals surface area contributed by atoms with Crippen molar-refractivity contribution in [1.29, 1.82) is 0 Å². The molecule has 0 aliphatic heterocycles. The van der Waals surface area contributed by atoms with E-state index in [-0.39, 0.29) is 5.75 Å². The molecule has 0 atom stereocenters. The molecule has 0 radical (unpaired) electrons. The minimum absolute atomic E-state index is 0.0949. The SMILES string of the molecule is CC(C)Cc1ccc([O-])cc1. The summed E-state index contributed by atoms with van der Waals surface area (Å²) in [4.78, 5) is 0. The number of rotatable bonds is 2. The highest BCUT2D eigenvalue weighted by Crippen LogP contribution is 2.10. The molecule has 0 saturated heterocycles. The molecule has 1 rings (SSSR count). The Hall–Kier alpha value is -0.980. The van der Waals surface area contributed by atoms with Crippen molar-refractivity contribution in [3.05, 3.63) is 29.8 Å². The van der Waals surface area contributed by atoms with Gasteiger partial charge in [0, 0.05) is 0 Å². The van der Waals surface area contributed by atoms with Crippen molar-refractivity contribution in [2.45, 2.75) is 20.3 Å². The molecule has 0 N–H and O–H groups in total. The van der Waals surface area contributed by atoms with Gasteiger partial charge in [-0.25, -0.2) is 0 Å². The van der Waals surface area contributed by atoms with E-state index in [4.69, 9.17) is 0 Å². The zero-order valence-electron chi connectivity index (χ0n) is 7.00. The summed E-state index contributed by atoms with van der Waals surface area (Å²) in [5, 5.41) is 10.7. The van der Waals surface area contributed by atoms with E-state index in [1.54, 1.807) is 12.1 Å². The third kappa shape index (κ3) is 2.62. The molecule has 0 amide bonds. The summed E-state index contributed by atoms with van der Waals surface area (Å²) in [6.45, 7) is 4.34. The van der Waals surface area contributed by atoms with Crippen LogP contribution in [0.2, 0.25) is 0 Å². The molecule has 60 valence electrons. The van der Waals surface area contributed by atoms with Crippen molar-refractivity contribution in [3.8, 4) is 5.75 Å². The molecule has 11 heavy (non-hydrogen) atoms. The van der Waals surface area contributed by atoms with Crippen LogP contribution in [0.4, 0.5) is 0 Å². The maximum atomic E-state index is 10.7. The van der Waals surface area contributed by atoms with Crippen molar-refractivity contribution in [2.75, 3.05) is 0 Å². The van der Waals surface area contributed by atoms with Gasteiger partial charge in [-0.1, -0.05) is 38.1 Å². The van der Waals surface area contributed by atoms with E-state index in [2.05, 4.69) is 13.8 Å². The lowest BCUT2D eigenvalue weighted by Gasteiger charge is -2.07. The maximum absolute atomic E-state index is 10.7. The van der Waals surface area contributed by atoms with Crippen molar-refractivity contribution >= 4 is 0 Å². The third-order valence-corrected chi connectivity index (χ3v) is 1.57. The second-order valence-electron chi connectivity index (χ2n) is 3.24. The summed E-state index contributed by atoms with van der Waals surface area (Å²) in [5.74, 6) is 0.755. The van der Waals surface area contributed by atoms with Gasteiger partial charge in [0.05, 0.1) is 0 Å². The van der Waals surface area contributed by atoms with Crippen LogP contribution in [0, 0.1) is 5.92 Å². The number of hydrogen-bond acceptors (Lipinski definition) is 1. The van der Waals surface area contributed by atoms with E-state index in [9.17, 15) is 5.11 Å². The average molecular weight is 149 g/mol. The van der Waals surface area contributed by atoms with Gasteiger partial charge in [0.15, 0.2) is 0 Å². The molecule has 1 aromatic carbocycles. The van der Waals surface area contributed by atoms with Gasteiger partial charge in [-0.3, -0.25) is 0 Å². The van der Waals surface area contributed by atoms with Gasteiger partial charge in [-0.2, -0.15) is 0 Å². The lowest BCUT2D eigenvalue weighted by atomic mass is 10.0. The third-order valence-electron chi connectivity index (χ3n) is 1.57. The molecule has 0 spiro atoms. The molecular weight excluding hydrogens is 136 g/mol. The van der Waals surface area contributed by atoms with Crippen LogP contribution in [-0.4, -0.2) is 0 Å². The average Bonchev–Trinajstić information content (AvgIpc) is 1.93. The molecule has 0 heterocycles. The van der Waals surface area contributed by atoms with Gasteiger partial charge >= 0.3 is 0 Å². The van der Waals surface area contributed by atoms with Crippen LogP contribution in [0.15, 0.2) is 24.3 Å².